The summed E-state index contributed by atoms with van der Waals surface area (Å²) in [5.41, 5.74) is 4.24. The van der Waals surface area contributed by atoms with Gasteiger partial charge in [-0.3, -0.25) is 33.5 Å². The van der Waals surface area contributed by atoms with Crippen molar-refractivity contribution < 1.29 is 48.0 Å². The topological polar surface area (TPSA) is 240 Å². The number of methoxy groups -OCH3 is 1. The van der Waals surface area contributed by atoms with Gasteiger partial charge in [0.25, 0.3) is 11.5 Å². The number of H-pyrrole nitrogens is 1. The van der Waals surface area contributed by atoms with E-state index in [1.807, 2.05) is 6.92 Å². The number of nitrogens with zero attached hydrogens (tertiary/aromatic N) is 1. The van der Waals surface area contributed by atoms with Gasteiger partial charge in [0, 0.05) is 38.3 Å². The molecule has 0 bridgehead atoms. The molecule has 3 aliphatic heterocycles. The van der Waals surface area contributed by atoms with Crippen LogP contribution in [-0.4, -0.2) is 94.4 Å². The zero-order chi connectivity index (χ0) is 39.9. The fraction of sp³-hybridized carbons (Fsp3) is 0.737. The standard InChI is InChI=1S/C38H59N5O12/c1-4-5-6-7-8-9-10-11-12-13-14-18-28(46)53-32-29(51-3)30(54-36(32)43-22-21-27(45)42-38(43)50)31(33(39)47)55-37-25(44)19-20-26(52-37)35(49)41-24-17-15-16-23(2)40-34(24)48/h20-25,29-32,36-37,44H,4-19H2,1-3H3,(H2,39,47)(H,40,48)(H,41,49)(H,42,45,50)/t23-,24+,25+,29-,30?,31-,32-,36-,37-/m1/s1. The third-order valence-corrected chi connectivity index (χ3v) is 10.2. The van der Waals surface area contributed by atoms with Crippen molar-refractivity contribution in [1.82, 2.24) is 20.2 Å². The molecule has 0 aliphatic carbocycles. The van der Waals surface area contributed by atoms with Gasteiger partial charge in [0.1, 0.15) is 24.4 Å². The smallest absolute Gasteiger partial charge is 0.330 e. The van der Waals surface area contributed by atoms with Crippen molar-refractivity contribution in [3.8, 4) is 0 Å². The van der Waals surface area contributed by atoms with Gasteiger partial charge in [0.2, 0.25) is 18.1 Å². The van der Waals surface area contributed by atoms with E-state index in [1.165, 1.54) is 51.7 Å². The molecule has 4 heterocycles. The highest BCUT2D eigenvalue weighted by Gasteiger charge is 2.54. The van der Waals surface area contributed by atoms with Crippen LogP contribution in [-0.2, 0) is 42.9 Å². The highest BCUT2D eigenvalue weighted by atomic mass is 16.7. The number of aliphatic hydroxyl groups is 1. The Morgan fingerprint density at radius 3 is 2.33 bits per heavy atom. The van der Waals surface area contributed by atoms with Crippen molar-refractivity contribution in [1.29, 1.82) is 0 Å². The van der Waals surface area contributed by atoms with E-state index in [9.17, 15) is 33.9 Å². The molecular formula is C38H59N5O12. The number of aromatic nitrogens is 2. The predicted octanol–water partition coefficient (Wildman–Crippen LogP) is 2.10. The number of esters is 1. The number of nitrogens with two attached hydrogens (primary N) is 1. The zero-order valence-corrected chi connectivity index (χ0v) is 32.2. The molecule has 1 aromatic heterocycles. The summed E-state index contributed by atoms with van der Waals surface area (Å²) in [6, 6.07) is 0.242. The molecular weight excluding hydrogens is 718 g/mol. The predicted molar refractivity (Wildman–Crippen MR) is 198 cm³/mol. The van der Waals surface area contributed by atoms with Crippen LogP contribution >= 0.6 is 0 Å². The van der Waals surface area contributed by atoms with Crippen molar-refractivity contribution in [2.75, 3.05) is 7.11 Å². The van der Waals surface area contributed by atoms with Crippen LogP contribution in [0.25, 0.3) is 0 Å². The van der Waals surface area contributed by atoms with Gasteiger partial charge in [0.15, 0.2) is 24.2 Å². The molecule has 1 aromatic rings. The first-order chi connectivity index (χ1) is 26.4. The molecule has 308 valence electrons. The van der Waals surface area contributed by atoms with Gasteiger partial charge in [0.05, 0.1) is 0 Å². The first-order valence-electron chi connectivity index (χ1n) is 19.7. The maximum absolute atomic E-state index is 13.2. The molecule has 0 radical (unpaired) electrons. The second kappa shape index (κ2) is 21.9. The lowest BCUT2D eigenvalue weighted by atomic mass is 10.0. The average Bonchev–Trinajstić information content (AvgIpc) is 3.40. The van der Waals surface area contributed by atoms with Crippen molar-refractivity contribution in [2.45, 2.75) is 172 Å². The van der Waals surface area contributed by atoms with Crippen LogP contribution < -0.4 is 27.6 Å². The van der Waals surface area contributed by atoms with Crippen LogP contribution in [0.3, 0.4) is 0 Å². The SMILES string of the molecule is CCCCCCCCCCCCCC(=O)O[C@@H]1[C@H](OC)C([C@@H](O[C@H]2OC(C(=O)N[C@H]3CCC[C@@H](C)NC3=O)=CC[C@@H]2O)C(N)=O)O[C@H]1n1ccc(=O)[nH]c1=O. The third kappa shape index (κ3) is 12.7. The summed E-state index contributed by atoms with van der Waals surface area (Å²) in [7, 11) is 1.28. The Morgan fingerprint density at radius 1 is 1.02 bits per heavy atom. The first kappa shape index (κ1) is 43.7. The molecule has 4 rings (SSSR count). The maximum Gasteiger partial charge on any atom is 0.330 e. The summed E-state index contributed by atoms with van der Waals surface area (Å²) in [5, 5.41) is 16.3. The summed E-state index contributed by atoms with van der Waals surface area (Å²) >= 11 is 0. The van der Waals surface area contributed by atoms with E-state index >= 15 is 0 Å². The van der Waals surface area contributed by atoms with Gasteiger partial charge in [-0.2, -0.15) is 0 Å². The van der Waals surface area contributed by atoms with Gasteiger partial charge in [-0.1, -0.05) is 71.1 Å². The molecule has 0 spiro atoms. The van der Waals surface area contributed by atoms with Crippen LogP contribution in [0.1, 0.15) is 123 Å². The molecule has 1 unspecified atom stereocenters. The van der Waals surface area contributed by atoms with Crippen LogP contribution in [0, 0.1) is 0 Å². The number of carbonyl (C=O) groups is 4. The van der Waals surface area contributed by atoms with E-state index in [0.717, 1.165) is 48.9 Å². The monoisotopic (exact) mass is 777 g/mol. The molecule has 0 aromatic carbocycles. The van der Waals surface area contributed by atoms with Crippen LogP contribution in [0.4, 0.5) is 0 Å². The fourth-order valence-electron chi connectivity index (χ4n) is 7.15. The molecule has 2 fully saturated rings. The molecule has 3 amide bonds. The molecule has 17 nitrogen and oxygen atoms in total. The zero-order valence-electron chi connectivity index (χ0n) is 32.2. The summed E-state index contributed by atoms with van der Waals surface area (Å²) in [6.45, 7) is 4.08. The van der Waals surface area contributed by atoms with Crippen LogP contribution in [0.2, 0.25) is 0 Å². The summed E-state index contributed by atoms with van der Waals surface area (Å²) in [4.78, 5) is 78.8. The molecule has 17 heteroatoms. The average molecular weight is 778 g/mol. The summed E-state index contributed by atoms with van der Waals surface area (Å²) in [6.07, 6.45) is 6.40. The van der Waals surface area contributed by atoms with Crippen molar-refractivity contribution in [3.63, 3.8) is 0 Å². The highest BCUT2D eigenvalue weighted by Crippen LogP contribution is 2.36. The molecule has 3 aliphatic rings. The minimum atomic E-state index is -1.72. The molecule has 6 N–H and O–H groups in total. The van der Waals surface area contributed by atoms with Gasteiger partial charge < -0.3 is 45.2 Å². The largest absolute Gasteiger partial charge is 0.457 e. The lowest BCUT2D eigenvalue weighted by Crippen LogP contribution is -2.52. The van der Waals surface area contributed by atoms with E-state index in [2.05, 4.69) is 22.5 Å². The molecule has 55 heavy (non-hydrogen) atoms. The summed E-state index contributed by atoms with van der Waals surface area (Å²) < 4.78 is 30.3. The number of unbranched alkanes of at least 4 members (excludes halogenated alkanes) is 10. The maximum atomic E-state index is 13.2. The molecule has 2 saturated heterocycles. The number of aromatic amines is 1. The van der Waals surface area contributed by atoms with Crippen LogP contribution in [0.5, 0.6) is 0 Å². The number of hydrogen-bond acceptors (Lipinski definition) is 12. The Morgan fingerprint density at radius 2 is 1.69 bits per heavy atom. The Kier molecular flexibility index (Phi) is 17.4. The second-order valence-electron chi connectivity index (χ2n) is 14.6. The van der Waals surface area contributed by atoms with Crippen molar-refractivity contribution >= 4 is 23.7 Å². The minimum Gasteiger partial charge on any atom is -0.457 e. The quantitative estimate of drug-likeness (QED) is 0.0891. The Hall–Kier alpha value is -4.06. The molecule has 0 saturated carbocycles. The molecule has 9 atom stereocenters. The van der Waals surface area contributed by atoms with Gasteiger partial charge >= 0.3 is 11.7 Å². The Balaban J connectivity index is 1.42. The van der Waals surface area contributed by atoms with E-state index in [-0.39, 0.29) is 30.5 Å². The number of ether oxygens (including phenoxy) is 5. The number of amides is 3. The van der Waals surface area contributed by atoms with Gasteiger partial charge in [-0.05, 0) is 38.7 Å². The first-order valence-corrected chi connectivity index (χ1v) is 19.7. The second-order valence-corrected chi connectivity index (χ2v) is 14.6. The number of aliphatic hydroxyl groups excluding tert-OH is 1. The van der Waals surface area contributed by atoms with E-state index in [4.69, 9.17) is 29.4 Å². The lowest BCUT2D eigenvalue weighted by Gasteiger charge is -2.33. The van der Waals surface area contributed by atoms with E-state index in [1.54, 1.807) is 0 Å². The number of carbonyl (C=O) groups excluding carboxylic acids is 4. The summed E-state index contributed by atoms with van der Waals surface area (Å²) in [5.74, 6) is -2.96. The van der Waals surface area contributed by atoms with Crippen LogP contribution in [0.15, 0.2) is 33.7 Å². The Labute approximate surface area is 321 Å². The lowest BCUT2D eigenvalue weighted by molar-refractivity contribution is -0.228. The van der Waals surface area contributed by atoms with Crippen molar-refractivity contribution in [3.05, 3.63) is 44.9 Å². The number of nitrogens with one attached hydrogen (secondary N) is 3. The fourth-order valence-corrected chi connectivity index (χ4v) is 7.15. The minimum absolute atomic E-state index is 0.0353. The number of hydrogen-bond donors (Lipinski definition) is 5. The number of rotatable bonds is 21. The van der Waals surface area contributed by atoms with Gasteiger partial charge in [-0.25, -0.2) is 4.79 Å². The van der Waals surface area contributed by atoms with E-state index < -0.39 is 78.1 Å². The normalized spacial score (nSPS) is 27.3. The van der Waals surface area contributed by atoms with Crippen molar-refractivity contribution in [2.24, 2.45) is 5.73 Å². The van der Waals surface area contributed by atoms with E-state index in [0.29, 0.717) is 19.3 Å². The third-order valence-electron chi connectivity index (χ3n) is 10.2. The Bertz CT molecular complexity index is 1580. The highest BCUT2D eigenvalue weighted by molar-refractivity contribution is 5.95. The number of primary amides is 1. The van der Waals surface area contributed by atoms with Gasteiger partial charge in [-0.15, -0.1) is 0 Å².